The Kier molecular flexibility index (Phi) is 6.25. The van der Waals surface area contributed by atoms with E-state index in [2.05, 4.69) is 11.4 Å². The van der Waals surface area contributed by atoms with Gasteiger partial charge in [-0.1, -0.05) is 24.3 Å². The number of nitrogens with zero attached hydrogens (tertiary/aromatic N) is 1. The van der Waals surface area contributed by atoms with Gasteiger partial charge in [-0.25, -0.2) is 0 Å². The van der Waals surface area contributed by atoms with Gasteiger partial charge in [-0.15, -0.1) is 12.4 Å². The average Bonchev–Trinajstić information content (AvgIpc) is 2.67. The van der Waals surface area contributed by atoms with Crippen LogP contribution in [0.15, 0.2) is 42.5 Å². The minimum atomic E-state index is -0.0134. The normalized spacial score (nSPS) is 17.9. The molecule has 0 saturated carbocycles. The van der Waals surface area contributed by atoms with Gasteiger partial charge in [0, 0.05) is 30.8 Å². The quantitative estimate of drug-likeness (QED) is 0.772. The van der Waals surface area contributed by atoms with E-state index in [9.17, 15) is 9.59 Å². The monoisotopic (exact) mass is 399 g/mol. The second-order valence-electron chi connectivity index (χ2n) is 7.39. The first kappa shape index (κ1) is 20.2. The Morgan fingerprint density at radius 1 is 1.11 bits per heavy atom. The highest BCUT2D eigenvalue weighted by Crippen LogP contribution is 2.31. The van der Waals surface area contributed by atoms with E-state index in [4.69, 9.17) is 5.73 Å². The van der Waals surface area contributed by atoms with E-state index in [-0.39, 0.29) is 30.3 Å². The summed E-state index contributed by atoms with van der Waals surface area (Å²) in [7, 11) is 0. The van der Waals surface area contributed by atoms with Crippen molar-refractivity contribution in [1.29, 1.82) is 0 Å². The summed E-state index contributed by atoms with van der Waals surface area (Å²) in [6.45, 7) is 0.420. The molecule has 0 aromatic heterocycles. The third-order valence-electron chi connectivity index (χ3n) is 5.57. The lowest BCUT2D eigenvalue weighted by Crippen LogP contribution is -2.39. The number of rotatable bonds is 4. The summed E-state index contributed by atoms with van der Waals surface area (Å²) in [5.41, 5.74) is 11.2. The number of amides is 2. The number of para-hydroxylation sites is 1. The molecule has 148 valence electrons. The summed E-state index contributed by atoms with van der Waals surface area (Å²) in [5.74, 6) is 0.0838. The fourth-order valence-corrected chi connectivity index (χ4v) is 4.21. The number of hydrogen-bond donors (Lipinski definition) is 2. The van der Waals surface area contributed by atoms with Gasteiger partial charge in [0.2, 0.25) is 11.8 Å². The number of halogens is 1. The lowest BCUT2D eigenvalue weighted by atomic mass is 9.87. The Balaban J connectivity index is 0.00000225. The molecule has 2 aliphatic rings. The van der Waals surface area contributed by atoms with Gasteiger partial charge in [0.15, 0.2) is 0 Å². The summed E-state index contributed by atoms with van der Waals surface area (Å²) >= 11 is 0. The fourth-order valence-electron chi connectivity index (χ4n) is 4.21. The number of nitrogen functional groups attached to an aromatic ring is 1. The smallest absolute Gasteiger partial charge is 0.227 e. The van der Waals surface area contributed by atoms with E-state index in [0.29, 0.717) is 19.4 Å². The van der Waals surface area contributed by atoms with Crippen LogP contribution in [0.25, 0.3) is 0 Å². The van der Waals surface area contributed by atoms with Crippen LogP contribution in [0.2, 0.25) is 0 Å². The van der Waals surface area contributed by atoms with Crippen molar-refractivity contribution < 1.29 is 9.59 Å². The van der Waals surface area contributed by atoms with Crippen molar-refractivity contribution in [1.82, 2.24) is 5.32 Å². The molecule has 1 aliphatic carbocycles. The number of anilines is 2. The standard InChI is InChI=1S/C22H25N3O2.ClH/c23-17-9-10-18-16(14-17)5-3-6-19(18)24-21(26)12-13-25-20-7-2-1-4-15(20)8-11-22(25)27;/h1-2,4,7,9-10,14,19H,3,5-6,8,11-13,23H2,(H,24,26);1H. The molecule has 1 aliphatic heterocycles. The molecule has 1 unspecified atom stereocenters. The molecule has 1 heterocycles. The minimum absolute atomic E-state index is 0. The van der Waals surface area contributed by atoms with Gasteiger partial charge < -0.3 is 16.0 Å². The van der Waals surface area contributed by atoms with Crippen molar-refractivity contribution in [2.24, 2.45) is 0 Å². The minimum Gasteiger partial charge on any atom is -0.399 e. The number of fused-ring (bicyclic) bond motifs is 2. The van der Waals surface area contributed by atoms with Crippen molar-refractivity contribution in [3.05, 3.63) is 59.2 Å². The van der Waals surface area contributed by atoms with Crippen LogP contribution in [-0.4, -0.2) is 18.4 Å². The summed E-state index contributed by atoms with van der Waals surface area (Å²) in [6.07, 6.45) is 4.58. The third-order valence-corrected chi connectivity index (χ3v) is 5.57. The van der Waals surface area contributed by atoms with E-state index in [0.717, 1.165) is 37.1 Å². The SMILES string of the molecule is Cl.Nc1ccc2c(c1)CCCC2NC(=O)CCN1C(=O)CCc2ccccc21. The second-order valence-corrected chi connectivity index (χ2v) is 7.39. The lowest BCUT2D eigenvalue weighted by Gasteiger charge is -2.30. The van der Waals surface area contributed by atoms with Crippen LogP contribution in [-0.2, 0) is 22.4 Å². The predicted octanol–water partition coefficient (Wildman–Crippen LogP) is 3.55. The first-order valence-electron chi connectivity index (χ1n) is 9.68. The van der Waals surface area contributed by atoms with Gasteiger partial charge in [-0.2, -0.15) is 0 Å². The molecule has 5 nitrogen and oxygen atoms in total. The number of hydrogen-bond acceptors (Lipinski definition) is 3. The first-order chi connectivity index (χ1) is 13.1. The summed E-state index contributed by atoms with van der Waals surface area (Å²) < 4.78 is 0. The van der Waals surface area contributed by atoms with Crippen molar-refractivity contribution >= 4 is 35.6 Å². The number of benzene rings is 2. The molecule has 2 aromatic rings. The Hall–Kier alpha value is -2.53. The van der Waals surface area contributed by atoms with Gasteiger partial charge in [0.25, 0.3) is 0 Å². The van der Waals surface area contributed by atoms with E-state index in [1.165, 1.54) is 16.7 Å². The number of aryl methyl sites for hydroxylation is 2. The topological polar surface area (TPSA) is 75.4 Å². The summed E-state index contributed by atoms with van der Waals surface area (Å²) in [6, 6.07) is 13.9. The molecule has 1 atom stereocenters. The van der Waals surface area contributed by atoms with Crippen LogP contribution in [0.5, 0.6) is 0 Å². The second kappa shape index (κ2) is 8.65. The van der Waals surface area contributed by atoms with Gasteiger partial charge in [-0.3, -0.25) is 9.59 Å². The van der Waals surface area contributed by atoms with Crippen LogP contribution >= 0.6 is 12.4 Å². The van der Waals surface area contributed by atoms with Crippen LogP contribution < -0.4 is 16.0 Å². The van der Waals surface area contributed by atoms with Gasteiger partial charge in [-0.05, 0) is 60.6 Å². The zero-order chi connectivity index (χ0) is 18.8. The van der Waals surface area contributed by atoms with Crippen LogP contribution in [0.3, 0.4) is 0 Å². The average molecular weight is 400 g/mol. The highest BCUT2D eigenvalue weighted by Gasteiger charge is 2.25. The lowest BCUT2D eigenvalue weighted by molar-refractivity contribution is -0.122. The molecule has 28 heavy (non-hydrogen) atoms. The van der Waals surface area contributed by atoms with Gasteiger partial charge in [0.1, 0.15) is 0 Å². The maximum Gasteiger partial charge on any atom is 0.227 e. The molecular formula is C22H26ClN3O2. The molecule has 2 aromatic carbocycles. The predicted molar refractivity (Wildman–Crippen MR) is 114 cm³/mol. The number of carbonyl (C=O) groups is 2. The number of carbonyl (C=O) groups excluding carboxylic acids is 2. The maximum absolute atomic E-state index is 12.6. The third kappa shape index (κ3) is 4.14. The summed E-state index contributed by atoms with van der Waals surface area (Å²) in [4.78, 5) is 26.7. The molecule has 3 N–H and O–H groups in total. The molecule has 2 amide bonds. The Bertz CT molecular complexity index is 884. The van der Waals surface area contributed by atoms with Gasteiger partial charge in [0.05, 0.1) is 6.04 Å². The van der Waals surface area contributed by atoms with Crippen LogP contribution in [0.1, 0.15) is 48.4 Å². The van der Waals surface area contributed by atoms with Crippen molar-refractivity contribution in [3.63, 3.8) is 0 Å². The van der Waals surface area contributed by atoms with Crippen LogP contribution in [0.4, 0.5) is 11.4 Å². The number of nitrogens with two attached hydrogens (primary N) is 1. The van der Waals surface area contributed by atoms with Crippen molar-refractivity contribution in [2.45, 2.75) is 44.6 Å². The van der Waals surface area contributed by atoms with Gasteiger partial charge >= 0.3 is 0 Å². The Morgan fingerprint density at radius 3 is 2.79 bits per heavy atom. The van der Waals surface area contributed by atoms with Crippen LogP contribution in [0, 0.1) is 0 Å². The highest BCUT2D eigenvalue weighted by atomic mass is 35.5. The molecule has 4 rings (SSSR count). The fraction of sp³-hybridized carbons (Fsp3) is 0.364. The molecule has 6 heteroatoms. The zero-order valence-corrected chi connectivity index (χ0v) is 16.6. The van der Waals surface area contributed by atoms with Crippen molar-refractivity contribution in [2.75, 3.05) is 17.2 Å². The number of nitrogens with one attached hydrogen (secondary N) is 1. The largest absolute Gasteiger partial charge is 0.399 e. The highest BCUT2D eigenvalue weighted by molar-refractivity contribution is 5.97. The molecular weight excluding hydrogens is 374 g/mol. The molecule has 0 spiro atoms. The molecule has 0 radical (unpaired) electrons. The van der Waals surface area contributed by atoms with E-state index in [1.807, 2.05) is 36.4 Å². The molecule has 0 fully saturated rings. The first-order valence-corrected chi connectivity index (χ1v) is 9.68. The Morgan fingerprint density at radius 2 is 1.93 bits per heavy atom. The molecule has 0 saturated heterocycles. The maximum atomic E-state index is 12.6. The van der Waals surface area contributed by atoms with E-state index >= 15 is 0 Å². The molecule has 0 bridgehead atoms. The Labute approximate surface area is 171 Å². The zero-order valence-electron chi connectivity index (χ0n) is 15.8. The van der Waals surface area contributed by atoms with Crippen molar-refractivity contribution in [3.8, 4) is 0 Å². The summed E-state index contributed by atoms with van der Waals surface area (Å²) in [5, 5.41) is 3.16. The van der Waals surface area contributed by atoms with E-state index < -0.39 is 0 Å². The van der Waals surface area contributed by atoms with E-state index in [1.54, 1.807) is 4.90 Å².